The van der Waals surface area contributed by atoms with E-state index in [1.165, 1.54) is 12.8 Å². The van der Waals surface area contributed by atoms with E-state index in [2.05, 4.69) is 17.1 Å². The summed E-state index contributed by atoms with van der Waals surface area (Å²) >= 11 is 0. The van der Waals surface area contributed by atoms with Crippen LogP contribution >= 0.6 is 0 Å². The summed E-state index contributed by atoms with van der Waals surface area (Å²) in [5, 5.41) is 3.38. The van der Waals surface area contributed by atoms with E-state index in [0.29, 0.717) is 12.6 Å². The minimum absolute atomic E-state index is 0.122. The zero-order chi connectivity index (χ0) is 13.0. The monoisotopic (exact) mass is 256 g/mol. The van der Waals surface area contributed by atoms with Gasteiger partial charge >= 0.3 is 5.97 Å². The van der Waals surface area contributed by atoms with Crippen LogP contribution in [0.3, 0.4) is 0 Å². The Morgan fingerprint density at radius 1 is 1.56 bits per heavy atom. The Labute approximate surface area is 109 Å². The minimum atomic E-state index is -0.192. The van der Waals surface area contributed by atoms with Crippen LogP contribution in [-0.2, 0) is 14.3 Å². The van der Waals surface area contributed by atoms with Gasteiger partial charge in [0.2, 0.25) is 0 Å². The third-order valence-electron chi connectivity index (χ3n) is 3.35. The van der Waals surface area contributed by atoms with E-state index in [0.717, 1.165) is 26.2 Å². The number of carbonyl (C=O) groups excluding carboxylic acids is 1. The molecule has 0 amide bonds. The number of hydrogen-bond acceptors (Lipinski definition) is 5. The second kappa shape index (κ2) is 6.50. The van der Waals surface area contributed by atoms with E-state index >= 15 is 0 Å². The number of nitrogens with zero attached hydrogens (tertiary/aromatic N) is 1. The molecule has 0 radical (unpaired) electrons. The molecule has 18 heavy (non-hydrogen) atoms. The molecule has 2 rings (SSSR count). The molecule has 104 valence electrons. The molecule has 1 heterocycles. The fraction of sp³-hybridized carbons (Fsp3) is 0.923. The summed E-state index contributed by atoms with van der Waals surface area (Å²) in [6.07, 6.45) is 2.60. The second-order valence-electron chi connectivity index (χ2n) is 5.19. The number of esters is 1. The first kappa shape index (κ1) is 13.8. The summed E-state index contributed by atoms with van der Waals surface area (Å²) in [5.74, 6) is -0.122. The van der Waals surface area contributed by atoms with Gasteiger partial charge in [0.15, 0.2) is 0 Å². The van der Waals surface area contributed by atoms with Gasteiger partial charge in [-0.2, -0.15) is 0 Å². The third-order valence-corrected chi connectivity index (χ3v) is 3.35. The van der Waals surface area contributed by atoms with Gasteiger partial charge in [-0.05, 0) is 26.7 Å². The van der Waals surface area contributed by atoms with Gasteiger partial charge in [-0.3, -0.25) is 9.69 Å². The summed E-state index contributed by atoms with van der Waals surface area (Å²) < 4.78 is 10.7. The average Bonchev–Trinajstić information content (AvgIpc) is 3.12. The molecule has 2 fully saturated rings. The van der Waals surface area contributed by atoms with Gasteiger partial charge in [0, 0.05) is 25.7 Å². The molecule has 0 aromatic heterocycles. The molecule has 1 saturated heterocycles. The summed E-state index contributed by atoms with van der Waals surface area (Å²) in [5.41, 5.74) is 0. The Kier molecular flexibility index (Phi) is 4.97. The number of morpholine rings is 1. The molecule has 0 aromatic rings. The van der Waals surface area contributed by atoms with Crippen LogP contribution in [0.15, 0.2) is 0 Å². The van der Waals surface area contributed by atoms with Crippen molar-refractivity contribution in [3.05, 3.63) is 0 Å². The molecule has 1 N–H and O–H groups in total. The Morgan fingerprint density at radius 3 is 2.94 bits per heavy atom. The van der Waals surface area contributed by atoms with Crippen LogP contribution in [0.4, 0.5) is 0 Å². The van der Waals surface area contributed by atoms with Gasteiger partial charge in [-0.1, -0.05) is 0 Å². The third kappa shape index (κ3) is 4.23. The largest absolute Gasteiger partial charge is 0.465 e. The molecular formula is C13H24N2O3. The molecule has 2 atom stereocenters. The SMILES string of the molecule is CCOC(=O)C(CN1CCOC(C)C1)NC1CC1. The lowest BCUT2D eigenvalue weighted by Crippen LogP contribution is -2.51. The maximum absolute atomic E-state index is 11.9. The normalized spacial score (nSPS) is 26.9. The highest BCUT2D eigenvalue weighted by Crippen LogP contribution is 2.20. The van der Waals surface area contributed by atoms with Crippen molar-refractivity contribution < 1.29 is 14.3 Å². The Hall–Kier alpha value is -0.650. The van der Waals surface area contributed by atoms with Crippen molar-refractivity contribution in [3.8, 4) is 0 Å². The molecule has 1 aliphatic heterocycles. The second-order valence-corrected chi connectivity index (χ2v) is 5.19. The smallest absolute Gasteiger partial charge is 0.324 e. The first-order valence-electron chi connectivity index (χ1n) is 6.95. The number of nitrogens with one attached hydrogen (secondary N) is 1. The van der Waals surface area contributed by atoms with Crippen molar-refractivity contribution >= 4 is 5.97 Å². The summed E-state index contributed by atoms with van der Waals surface area (Å²) in [4.78, 5) is 14.2. The highest BCUT2D eigenvalue weighted by Gasteiger charge is 2.31. The van der Waals surface area contributed by atoms with E-state index in [4.69, 9.17) is 9.47 Å². The maximum atomic E-state index is 11.9. The molecule has 0 aromatic carbocycles. The van der Waals surface area contributed by atoms with Crippen molar-refractivity contribution in [2.45, 2.75) is 44.9 Å². The van der Waals surface area contributed by atoms with Crippen LogP contribution < -0.4 is 5.32 Å². The average molecular weight is 256 g/mol. The summed E-state index contributed by atoms with van der Waals surface area (Å²) in [7, 11) is 0. The van der Waals surface area contributed by atoms with Crippen molar-refractivity contribution in [2.75, 3.05) is 32.8 Å². The van der Waals surface area contributed by atoms with Gasteiger partial charge in [0.1, 0.15) is 6.04 Å². The van der Waals surface area contributed by atoms with E-state index in [-0.39, 0.29) is 18.1 Å². The van der Waals surface area contributed by atoms with Gasteiger partial charge in [0.05, 0.1) is 19.3 Å². The molecule has 0 spiro atoms. The van der Waals surface area contributed by atoms with E-state index in [1.54, 1.807) is 0 Å². The summed E-state index contributed by atoms with van der Waals surface area (Å²) in [6.45, 7) is 7.63. The van der Waals surface area contributed by atoms with Crippen molar-refractivity contribution in [2.24, 2.45) is 0 Å². The van der Waals surface area contributed by atoms with Crippen LogP contribution in [0.5, 0.6) is 0 Å². The number of ether oxygens (including phenoxy) is 2. The molecular weight excluding hydrogens is 232 g/mol. The molecule has 1 saturated carbocycles. The number of rotatable bonds is 6. The molecule has 1 aliphatic carbocycles. The van der Waals surface area contributed by atoms with Gasteiger partial charge in [0.25, 0.3) is 0 Å². The van der Waals surface area contributed by atoms with Crippen LogP contribution in [0.25, 0.3) is 0 Å². The van der Waals surface area contributed by atoms with Crippen molar-refractivity contribution in [1.29, 1.82) is 0 Å². The fourth-order valence-corrected chi connectivity index (χ4v) is 2.29. The molecule has 0 bridgehead atoms. The van der Waals surface area contributed by atoms with Crippen molar-refractivity contribution in [3.63, 3.8) is 0 Å². The highest BCUT2D eigenvalue weighted by atomic mass is 16.5. The lowest BCUT2D eigenvalue weighted by atomic mass is 10.2. The van der Waals surface area contributed by atoms with E-state index < -0.39 is 0 Å². The first-order valence-corrected chi connectivity index (χ1v) is 6.95. The Balaban J connectivity index is 1.84. The first-order chi connectivity index (χ1) is 8.69. The van der Waals surface area contributed by atoms with Crippen molar-refractivity contribution in [1.82, 2.24) is 10.2 Å². The Bertz CT molecular complexity index is 281. The standard InChI is InChI=1S/C13H24N2O3/c1-3-17-13(16)12(14-11-4-5-11)9-15-6-7-18-10(2)8-15/h10-12,14H,3-9H2,1-2H3. The molecule has 5 nitrogen and oxygen atoms in total. The van der Waals surface area contributed by atoms with E-state index in [9.17, 15) is 4.79 Å². The van der Waals surface area contributed by atoms with Gasteiger partial charge < -0.3 is 14.8 Å². The zero-order valence-electron chi connectivity index (χ0n) is 11.4. The van der Waals surface area contributed by atoms with Gasteiger partial charge in [-0.25, -0.2) is 0 Å². The lowest BCUT2D eigenvalue weighted by Gasteiger charge is -2.33. The predicted octanol–water partition coefficient (Wildman–Crippen LogP) is 0.391. The topological polar surface area (TPSA) is 50.8 Å². The summed E-state index contributed by atoms with van der Waals surface area (Å²) in [6, 6.07) is 0.320. The minimum Gasteiger partial charge on any atom is -0.465 e. The predicted molar refractivity (Wildman–Crippen MR) is 68.4 cm³/mol. The maximum Gasteiger partial charge on any atom is 0.324 e. The molecule has 2 aliphatic rings. The quantitative estimate of drug-likeness (QED) is 0.697. The fourth-order valence-electron chi connectivity index (χ4n) is 2.29. The van der Waals surface area contributed by atoms with Crippen LogP contribution in [0, 0.1) is 0 Å². The highest BCUT2D eigenvalue weighted by molar-refractivity contribution is 5.76. The number of carbonyl (C=O) groups is 1. The molecule has 2 unspecified atom stereocenters. The molecule has 5 heteroatoms. The van der Waals surface area contributed by atoms with Crippen LogP contribution in [-0.4, -0.2) is 61.9 Å². The van der Waals surface area contributed by atoms with E-state index in [1.807, 2.05) is 6.92 Å². The van der Waals surface area contributed by atoms with Gasteiger partial charge in [-0.15, -0.1) is 0 Å². The zero-order valence-corrected chi connectivity index (χ0v) is 11.4. The number of hydrogen-bond donors (Lipinski definition) is 1. The van der Waals surface area contributed by atoms with Crippen LogP contribution in [0.1, 0.15) is 26.7 Å². The lowest BCUT2D eigenvalue weighted by molar-refractivity contribution is -0.146. The Morgan fingerprint density at radius 2 is 2.33 bits per heavy atom. The van der Waals surface area contributed by atoms with Crippen LogP contribution in [0.2, 0.25) is 0 Å².